The Morgan fingerprint density at radius 3 is 3.27 bits per heavy atom. The number of amidine groups is 1. The maximum absolute atomic E-state index is 7.28. The average Bonchev–Trinajstić information content (AvgIpc) is 2.33. The Hall–Kier alpha value is -1.04. The zero-order chi connectivity index (χ0) is 7.84. The summed E-state index contributed by atoms with van der Waals surface area (Å²) >= 11 is 3.18. The second-order valence-electron chi connectivity index (χ2n) is 2.10. The monoisotopic (exact) mass is 213 g/mol. The molecule has 0 spiro atoms. The van der Waals surface area contributed by atoms with E-state index in [1.807, 2.05) is 0 Å². The zero-order valence-electron chi connectivity index (χ0n) is 5.37. The molecule has 0 fully saturated rings. The van der Waals surface area contributed by atoms with Crippen LogP contribution in [0.1, 0.15) is 0 Å². The van der Waals surface area contributed by atoms with Gasteiger partial charge in [0, 0.05) is 6.20 Å². The van der Waals surface area contributed by atoms with Crippen molar-refractivity contribution >= 4 is 27.5 Å². The highest BCUT2D eigenvalue weighted by Gasteiger charge is 2.27. The van der Waals surface area contributed by atoms with Crippen molar-refractivity contribution in [1.82, 2.24) is 5.32 Å². The molecule has 2 heterocycles. The van der Waals surface area contributed by atoms with Crippen LogP contribution < -0.4 is 5.32 Å². The van der Waals surface area contributed by atoms with Crippen LogP contribution >= 0.6 is 15.9 Å². The second kappa shape index (κ2) is 2.23. The fraction of sp³-hybridized carbons (Fsp3) is 0.200. The summed E-state index contributed by atoms with van der Waals surface area (Å²) < 4.78 is 0.667. The summed E-state index contributed by atoms with van der Waals surface area (Å²) in [6, 6.07) is 0. The van der Waals surface area contributed by atoms with Gasteiger partial charge in [0.25, 0.3) is 0 Å². The Bertz CT molecular complexity index is 302. The number of azo groups is 1. The van der Waals surface area contributed by atoms with Crippen LogP contribution in [0, 0.1) is 5.41 Å². The van der Waals surface area contributed by atoms with E-state index in [9.17, 15) is 0 Å². The molecule has 5 nitrogen and oxygen atoms in total. The first-order chi connectivity index (χ1) is 5.27. The molecule has 0 radical (unpaired) electrons. The number of nitrogens with zero attached hydrogens (tertiary/aromatic N) is 3. The summed E-state index contributed by atoms with van der Waals surface area (Å²) in [5.41, 5.74) is 0.569. The van der Waals surface area contributed by atoms with E-state index in [1.54, 1.807) is 6.20 Å². The first-order valence-electron chi connectivity index (χ1n) is 2.97. The highest BCUT2D eigenvalue weighted by molar-refractivity contribution is 9.11. The molecular weight excluding hydrogens is 210 g/mol. The number of rotatable bonds is 0. The van der Waals surface area contributed by atoms with Crippen LogP contribution in [-0.2, 0) is 0 Å². The highest BCUT2D eigenvalue weighted by Crippen LogP contribution is 2.16. The summed E-state index contributed by atoms with van der Waals surface area (Å²) in [6.45, 7) is 0. The Balaban J connectivity index is 2.39. The maximum Gasteiger partial charge on any atom is 0.192 e. The van der Waals surface area contributed by atoms with Gasteiger partial charge in [0.2, 0.25) is 0 Å². The number of halogens is 1. The van der Waals surface area contributed by atoms with Crippen molar-refractivity contribution in [2.24, 2.45) is 15.2 Å². The average molecular weight is 214 g/mol. The number of hydrogen-bond acceptors (Lipinski definition) is 4. The van der Waals surface area contributed by atoms with Crippen molar-refractivity contribution in [2.75, 3.05) is 0 Å². The molecule has 2 aliphatic rings. The standard InChI is InChI=1S/C5H4BrN5/c6-2-1-8-5-3(9-2)4(7)10-11-5/h1,5,7-8H/t5-/m0/s1. The van der Waals surface area contributed by atoms with Gasteiger partial charge in [-0.2, -0.15) is 5.11 Å². The van der Waals surface area contributed by atoms with E-state index in [0.717, 1.165) is 0 Å². The summed E-state index contributed by atoms with van der Waals surface area (Å²) in [6.07, 6.45) is 1.44. The molecule has 0 saturated carbocycles. The Morgan fingerprint density at radius 2 is 2.45 bits per heavy atom. The third-order valence-corrected chi connectivity index (χ3v) is 1.77. The van der Waals surface area contributed by atoms with Crippen molar-refractivity contribution in [3.8, 4) is 0 Å². The molecule has 11 heavy (non-hydrogen) atoms. The number of nitrogens with one attached hydrogen (secondary N) is 2. The molecule has 2 N–H and O–H groups in total. The van der Waals surface area contributed by atoms with E-state index in [0.29, 0.717) is 10.3 Å². The molecule has 0 unspecified atom stereocenters. The molecule has 0 aromatic rings. The van der Waals surface area contributed by atoms with Crippen molar-refractivity contribution in [3.05, 3.63) is 10.8 Å². The molecule has 0 bridgehead atoms. The second-order valence-corrected chi connectivity index (χ2v) is 2.91. The predicted octanol–water partition coefficient (Wildman–Crippen LogP) is 0.994. The molecule has 0 aliphatic carbocycles. The molecule has 0 aromatic carbocycles. The van der Waals surface area contributed by atoms with Gasteiger partial charge in [0.1, 0.15) is 10.3 Å². The molecule has 2 aliphatic heterocycles. The molecule has 56 valence electrons. The van der Waals surface area contributed by atoms with Gasteiger partial charge in [-0.3, -0.25) is 5.41 Å². The van der Waals surface area contributed by atoms with Gasteiger partial charge in [-0.05, 0) is 15.9 Å². The minimum Gasteiger partial charge on any atom is -0.361 e. The summed E-state index contributed by atoms with van der Waals surface area (Å²) in [4.78, 5) is 4.05. The van der Waals surface area contributed by atoms with Gasteiger partial charge in [0.15, 0.2) is 12.0 Å². The third kappa shape index (κ3) is 0.988. The number of aliphatic imine (C=N–C) groups is 1. The fourth-order valence-corrected chi connectivity index (χ4v) is 1.20. The van der Waals surface area contributed by atoms with Gasteiger partial charge < -0.3 is 5.32 Å². The Kier molecular flexibility index (Phi) is 1.35. The summed E-state index contributed by atoms with van der Waals surface area (Å²) in [7, 11) is 0. The summed E-state index contributed by atoms with van der Waals surface area (Å²) in [5.74, 6) is 0.132. The van der Waals surface area contributed by atoms with E-state index >= 15 is 0 Å². The fourth-order valence-electron chi connectivity index (χ4n) is 0.872. The van der Waals surface area contributed by atoms with Crippen LogP contribution in [-0.4, -0.2) is 17.7 Å². The number of hydrogen-bond donors (Lipinski definition) is 2. The first-order valence-corrected chi connectivity index (χ1v) is 3.77. The largest absolute Gasteiger partial charge is 0.361 e. The van der Waals surface area contributed by atoms with Crippen molar-refractivity contribution < 1.29 is 0 Å². The molecule has 6 heteroatoms. The van der Waals surface area contributed by atoms with Crippen LogP contribution in [0.15, 0.2) is 26.0 Å². The summed E-state index contributed by atoms with van der Waals surface area (Å²) in [5, 5.41) is 17.5. The van der Waals surface area contributed by atoms with E-state index in [1.165, 1.54) is 0 Å². The van der Waals surface area contributed by atoms with Crippen LogP contribution in [0.5, 0.6) is 0 Å². The van der Waals surface area contributed by atoms with Crippen LogP contribution in [0.3, 0.4) is 0 Å². The van der Waals surface area contributed by atoms with Gasteiger partial charge in [0.05, 0.1) is 0 Å². The smallest absolute Gasteiger partial charge is 0.192 e. The minimum absolute atomic E-state index is 0.132. The van der Waals surface area contributed by atoms with Gasteiger partial charge in [-0.1, -0.05) is 0 Å². The zero-order valence-corrected chi connectivity index (χ0v) is 6.96. The topological polar surface area (TPSA) is 73.0 Å². The third-order valence-electron chi connectivity index (χ3n) is 1.36. The van der Waals surface area contributed by atoms with E-state index in [4.69, 9.17) is 5.41 Å². The van der Waals surface area contributed by atoms with Crippen LogP contribution in [0.2, 0.25) is 0 Å². The normalized spacial score (nSPS) is 27.4. The lowest BCUT2D eigenvalue weighted by atomic mass is 10.3. The van der Waals surface area contributed by atoms with Crippen LogP contribution in [0.4, 0.5) is 0 Å². The maximum atomic E-state index is 7.28. The van der Waals surface area contributed by atoms with E-state index < -0.39 is 0 Å². The quantitative estimate of drug-likeness (QED) is 0.580. The highest BCUT2D eigenvalue weighted by atomic mass is 79.9. The molecule has 0 saturated heterocycles. The molecule has 0 aromatic heterocycles. The predicted molar refractivity (Wildman–Crippen MR) is 44.0 cm³/mol. The molecule has 1 atom stereocenters. The molecule has 2 rings (SSSR count). The van der Waals surface area contributed by atoms with E-state index in [2.05, 4.69) is 36.5 Å². The lowest BCUT2D eigenvalue weighted by Crippen LogP contribution is -2.33. The SMILES string of the molecule is N=C1N=N[C@@H]2NC=C(Br)N=C12. The van der Waals surface area contributed by atoms with Gasteiger partial charge in [-0.15, -0.1) is 5.11 Å². The van der Waals surface area contributed by atoms with Crippen molar-refractivity contribution in [3.63, 3.8) is 0 Å². The first kappa shape index (κ1) is 6.66. The molecular formula is C5H4BrN5. The lowest BCUT2D eigenvalue weighted by Gasteiger charge is -2.11. The lowest BCUT2D eigenvalue weighted by molar-refractivity contribution is 0.748. The van der Waals surface area contributed by atoms with Gasteiger partial charge in [-0.25, -0.2) is 4.99 Å². The molecule has 0 amide bonds. The Morgan fingerprint density at radius 1 is 1.64 bits per heavy atom. The Labute approximate surface area is 70.9 Å². The van der Waals surface area contributed by atoms with Crippen molar-refractivity contribution in [1.29, 1.82) is 5.41 Å². The minimum atomic E-state index is -0.246. The van der Waals surface area contributed by atoms with Gasteiger partial charge >= 0.3 is 0 Å². The van der Waals surface area contributed by atoms with Crippen molar-refractivity contribution in [2.45, 2.75) is 6.17 Å². The van der Waals surface area contributed by atoms with E-state index in [-0.39, 0.29) is 12.0 Å². The van der Waals surface area contributed by atoms with Crippen LogP contribution in [0.25, 0.3) is 0 Å². The number of fused-ring (bicyclic) bond motifs is 1.